The number of hydrogen-bond donors (Lipinski definition) is 0. The fourth-order valence-corrected chi connectivity index (χ4v) is 15.5. The number of hydrogen-bond acceptors (Lipinski definition) is 16. The van der Waals surface area contributed by atoms with Gasteiger partial charge in [0.25, 0.3) is 0 Å². The maximum atomic E-state index is 6.35. The van der Waals surface area contributed by atoms with E-state index in [4.69, 9.17) is 62.6 Å². The van der Waals surface area contributed by atoms with Crippen molar-refractivity contribution >= 4 is 46.6 Å². The van der Waals surface area contributed by atoms with E-state index in [1.54, 1.807) is 85.3 Å². The van der Waals surface area contributed by atoms with Crippen LogP contribution < -0.4 is 19.3 Å². The Kier molecular flexibility index (Phi) is 24.8. The van der Waals surface area contributed by atoms with E-state index in [1.807, 2.05) is 48.5 Å². The van der Waals surface area contributed by atoms with Gasteiger partial charge >= 0.3 is 35.2 Å². The first kappa shape index (κ1) is 60.0. The summed E-state index contributed by atoms with van der Waals surface area (Å²) >= 11 is 0. The molecule has 0 saturated carbocycles. The van der Waals surface area contributed by atoms with Crippen LogP contribution in [0.4, 0.5) is 11.4 Å². The molecule has 20 heteroatoms. The minimum atomic E-state index is -2.71. The SMILES string of the molecule is CO[Si](CCCN(CCC[Si](OC)(OC)OC)c1ccc(Oc2ccc(C(C)(C)c3ccc(Oc4ccc(N(CCC[Si](OC)(OC)OC)CCC[Si](OC)(OC)OC)cc4)cc3)cc2)cc1)(OC)OC. The van der Waals surface area contributed by atoms with Crippen molar-refractivity contribution in [2.45, 2.75) is 69.1 Å². The molecule has 71 heavy (non-hydrogen) atoms. The first-order chi connectivity index (χ1) is 34.2. The number of rotatable bonds is 36. The highest BCUT2D eigenvalue weighted by molar-refractivity contribution is 6.61. The average Bonchev–Trinajstić information content (AvgIpc) is 3.41. The molecule has 0 radical (unpaired) electrons. The van der Waals surface area contributed by atoms with E-state index >= 15 is 0 Å². The summed E-state index contributed by atoms with van der Waals surface area (Å²) in [6.45, 7) is 7.57. The van der Waals surface area contributed by atoms with Gasteiger partial charge in [-0.15, -0.1) is 0 Å². The lowest BCUT2D eigenvalue weighted by atomic mass is 9.78. The molecule has 0 atom stereocenters. The van der Waals surface area contributed by atoms with Gasteiger partial charge in [-0.3, -0.25) is 0 Å². The number of ether oxygens (including phenoxy) is 2. The number of anilines is 2. The fraction of sp³-hybridized carbons (Fsp3) is 0.529. The van der Waals surface area contributed by atoms with Crippen LogP contribution in [0.1, 0.15) is 50.7 Å². The van der Waals surface area contributed by atoms with Gasteiger partial charge < -0.3 is 72.4 Å². The van der Waals surface area contributed by atoms with E-state index in [9.17, 15) is 0 Å². The Morgan fingerprint density at radius 2 is 0.507 bits per heavy atom. The summed E-state index contributed by atoms with van der Waals surface area (Å²) in [4.78, 5) is 4.69. The summed E-state index contributed by atoms with van der Waals surface area (Å²) in [6.07, 6.45) is 3.30. The summed E-state index contributed by atoms with van der Waals surface area (Å²) < 4.78 is 80.9. The zero-order valence-corrected chi connectivity index (χ0v) is 48.8. The van der Waals surface area contributed by atoms with Crippen molar-refractivity contribution in [1.29, 1.82) is 0 Å². The maximum absolute atomic E-state index is 6.35. The van der Waals surface area contributed by atoms with Crippen molar-refractivity contribution in [2.24, 2.45) is 0 Å². The quantitative estimate of drug-likeness (QED) is 0.0399. The fourth-order valence-electron chi connectivity index (χ4n) is 8.68. The summed E-state index contributed by atoms with van der Waals surface area (Å²) in [6, 6.07) is 35.8. The molecular weight excluding hydrogens is 977 g/mol. The molecule has 0 N–H and O–H groups in total. The highest BCUT2D eigenvalue weighted by Gasteiger charge is 2.40. The van der Waals surface area contributed by atoms with Crippen molar-refractivity contribution < 1.29 is 62.6 Å². The molecule has 0 saturated heterocycles. The second kappa shape index (κ2) is 29.4. The molecule has 0 aromatic heterocycles. The van der Waals surface area contributed by atoms with E-state index in [2.05, 4.69) is 72.2 Å². The van der Waals surface area contributed by atoms with Crippen molar-refractivity contribution in [2.75, 3.05) is 121 Å². The molecule has 396 valence electrons. The second-order valence-electron chi connectivity index (χ2n) is 17.4. The van der Waals surface area contributed by atoms with Gasteiger partial charge in [0.05, 0.1) is 0 Å². The van der Waals surface area contributed by atoms with Crippen LogP contribution in [0.3, 0.4) is 0 Å². The molecular formula is C51H82N2O14Si4. The van der Waals surface area contributed by atoms with E-state index in [0.29, 0.717) is 24.2 Å². The summed E-state index contributed by atoms with van der Waals surface area (Å²) in [5, 5.41) is 0. The van der Waals surface area contributed by atoms with Crippen LogP contribution in [0.15, 0.2) is 97.1 Å². The standard InChI is InChI=1S/C51H82N2O14Si4/c1-51(2,43-19-27-47(28-20-43)66-49-31-23-45(24-32-49)52(35-15-39-68(54-3,55-4)56-5)36-16-40-69(57-6,58-7)59-8)44-21-29-48(30-22-44)67-50-33-25-46(26-34-50)53(37-17-41-70(60-9,61-10)62-11)38-18-42-71(63-12,64-13)65-14/h19-34H,15-18,35-42H2,1-14H3. The topological polar surface area (TPSA) is 136 Å². The van der Waals surface area contributed by atoms with Crippen molar-refractivity contribution in [1.82, 2.24) is 0 Å². The van der Waals surface area contributed by atoms with Gasteiger partial charge in [0.1, 0.15) is 23.0 Å². The van der Waals surface area contributed by atoms with Crippen LogP contribution in [0.25, 0.3) is 0 Å². The van der Waals surface area contributed by atoms with Crippen molar-refractivity contribution in [3.63, 3.8) is 0 Å². The lowest BCUT2D eigenvalue weighted by Crippen LogP contribution is -2.44. The predicted molar refractivity (Wildman–Crippen MR) is 287 cm³/mol. The van der Waals surface area contributed by atoms with Gasteiger partial charge in [-0.1, -0.05) is 38.1 Å². The van der Waals surface area contributed by atoms with Gasteiger partial charge in [-0.2, -0.15) is 0 Å². The molecule has 0 unspecified atom stereocenters. The Balaban J connectivity index is 1.39. The summed E-state index contributed by atoms with van der Waals surface area (Å²) in [7, 11) is 8.93. The molecule has 0 fully saturated rings. The first-order valence-electron chi connectivity index (χ1n) is 24.1. The monoisotopic (exact) mass is 1060 g/mol. The predicted octanol–water partition coefficient (Wildman–Crippen LogP) is 10.3. The zero-order chi connectivity index (χ0) is 52.0. The molecule has 4 rings (SSSR count). The molecule has 0 aliphatic carbocycles. The van der Waals surface area contributed by atoms with Crippen LogP contribution in [0, 0.1) is 0 Å². The highest BCUT2D eigenvalue weighted by Crippen LogP contribution is 2.36. The van der Waals surface area contributed by atoms with Gasteiger partial charge in [0, 0.05) is 152 Å². The molecule has 0 aliphatic heterocycles. The van der Waals surface area contributed by atoms with E-state index in [-0.39, 0.29) is 5.41 Å². The Hall–Kier alpha value is -3.53. The lowest BCUT2D eigenvalue weighted by Gasteiger charge is -2.29. The molecule has 0 bridgehead atoms. The van der Waals surface area contributed by atoms with Crippen LogP contribution in [-0.2, 0) is 58.5 Å². The summed E-state index contributed by atoms with van der Waals surface area (Å²) in [5.41, 5.74) is 4.20. The molecule has 4 aromatic rings. The van der Waals surface area contributed by atoms with Crippen LogP contribution in [0.2, 0.25) is 24.2 Å². The first-order valence-corrected chi connectivity index (χ1v) is 31.8. The molecule has 0 amide bonds. The average molecular weight is 1060 g/mol. The van der Waals surface area contributed by atoms with E-state index in [0.717, 1.165) is 97.4 Å². The third-order valence-corrected chi connectivity index (χ3v) is 24.7. The van der Waals surface area contributed by atoms with Gasteiger partial charge in [0.15, 0.2) is 0 Å². The third kappa shape index (κ3) is 16.7. The van der Waals surface area contributed by atoms with Crippen LogP contribution >= 0.6 is 0 Å². The molecule has 16 nitrogen and oxygen atoms in total. The lowest BCUT2D eigenvalue weighted by molar-refractivity contribution is 0.122. The molecule has 4 aromatic carbocycles. The van der Waals surface area contributed by atoms with Crippen LogP contribution in [0.5, 0.6) is 23.0 Å². The van der Waals surface area contributed by atoms with E-state index < -0.39 is 35.2 Å². The molecule has 0 spiro atoms. The second-order valence-corrected chi connectivity index (χ2v) is 29.8. The Morgan fingerprint density at radius 3 is 0.704 bits per heavy atom. The smallest absolute Gasteiger partial charge is 0.457 e. The number of benzene rings is 4. The van der Waals surface area contributed by atoms with Gasteiger partial charge in [0.2, 0.25) is 0 Å². The maximum Gasteiger partial charge on any atom is 0.500 e. The minimum Gasteiger partial charge on any atom is -0.457 e. The van der Waals surface area contributed by atoms with Crippen LogP contribution in [-0.4, -0.2) is 147 Å². The third-order valence-electron chi connectivity index (χ3n) is 13.4. The minimum absolute atomic E-state index is 0.279. The Morgan fingerprint density at radius 1 is 0.310 bits per heavy atom. The number of nitrogens with zero attached hydrogens (tertiary/aromatic N) is 2. The Labute approximate surface area is 429 Å². The Bertz CT molecular complexity index is 1840. The zero-order valence-electron chi connectivity index (χ0n) is 44.8. The van der Waals surface area contributed by atoms with Gasteiger partial charge in [-0.05, 0) is 110 Å². The largest absolute Gasteiger partial charge is 0.500 e. The van der Waals surface area contributed by atoms with Crippen molar-refractivity contribution in [3.8, 4) is 23.0 Å². The highest BCUT2D eigenvalue weighted by atomic mass is 28.4. The summed E-state index contributed by atoms with van der Waals surface area (Å²) in [5.74, 6) is 3.01. The van der Waals surface area contributed by atoms with E-state index in [1.165, 1.54) is 0 Å². The van der Waals surface area contributed by atoms with Crippen molar-refractivity contribution in [3.05, 3.63) is 108 Å². The normalized spacial score (nSPS) is 12.6. The molecule has 0 heterocycles. The molecule has 0 aliphatic rings. The van der Waals surface area contributed by atoms with Gasteiger partial charge in [-0.25, -0.2) is 0 Å².